The molecule has 1 rings (SSSR count). The van der Waals surface area contributed by atoms with Gasteiger partial charge in [0.15, 0.2) is 0 Å². The highest BCUT2D eigenvalue weighted by atomic mass is 32.2. The van der Waals surface area contributed by atoms with E-state index in [2.05, 4.69) is 29.4 Å². The van der Waals surface area contributed by atoms with Gasteiger partial charge in [0.25, 0.3) is 0 Å². The van der Waals surface area contributed by atoms with Crippen LogP contribution in [0.15, 0.2) is 34.3 Å². The molecule has 0 radical (unpaired) electrons. The molecule has 0 atom stereocenters. The number of nitrogens with zero attached hydrogens (tertiary/aromatic N) is 1. The highest BCUT2D eigenvalue weighted by Gasteiger charge is 2.11. The predicted octanol–water partition coefficient (Wildman–Crippen LogP) is 8.50. The van der Waals surface area contributed by atoms with E-state index in [1.54, 1.807) is 29.7 Å². The zero-order valence-electron chi connectivity index (χ0n) is 19.4. The maximum Gasteiger partial charge on any atom is 0.224 e. The maximum atomic E-state index is 12.3. The summed E-state index contributed by atoms with van der Waals surface area (Å²) in [6.07, 6.45) is 27.7. The van der Waals surface area contributed by atoms with E-state index in [1.165, 1.54) is 70.6 Å². The second-order valence-electron chi connectivity index (χ2n) is 7.78. The molecule has 0 saturated carbocycles. The van der Waals surface area contributed by atoms with E-state index in [0.29, 0.717) is 6.42 Å². The number of aromatic nitrogens is 1. The average Bonchev–Trinajstić information content (AvgIpc) is 2.76. The van der Waals surface area contributed by atoms with Gasteiger partial charge in [-0.2, -0.15) is 0 Å². The third kappa shape index (κ3) is 12.7. The van der Waals surface area contributed by atoms with Gasteiger partial charge in [-0.15, -0.1) is 23.5 Å². The Morgan fingerprint density at radius 2 is 1.50 bits per heavy atom. The number of hydrogen-bond donors (Lipinski definition) is 1. The normalized spacial score (nSPS) is 11.3. The van der Waals surface area contributed by atoms with Gasteiger partial charge >= 0.3 is 0 Å². The van der Waals surface area contributed by atoms with Crippen LogP contribution in [0.1, 0.15) is 96.8 Å². The van der Waals surface area contributed by atoms with E-state index in [-0.39, 0.29) is 5.91 Å². The molecule has 0 aliphatic heterocycles. The quantitative estimate of drug-likeness (QED) is 0.138. The summed E-state index contributed by atoms with van der Waals surface area (Å²) in [4.78, 5) is 17.8. The van der Waals surface area contributed by atoms with Crippen LogP contribution in [-0.2, 0) is 4.79 Å². The molecule has 0 fully saturated rings. The molecular formula is C25H42N2OS2. The summed E-state index contributed by atoms with van der Waals surface area (Å²) in [7, 11) is 0. The molecule has 1 aromatic heterocycles. The second kappa shape index (κ2) is 18.8. The minimum atomic E-state index is 0.103. The second-order valence-corrected chi connectivity index (χ2v) is 9.42. The van der Waals surface area contributed by atoms with Crippen molar-refractivity contribution in [2.24, 2.45) is 0 Å². The fraction of sp³-hybridized carbons (Fsp3) is 0.680. The molecule has 0 spiro atoms. The van der Waals surface area contributed by atoms with Gasteiger partial charge in [0, 0.05) is 17.5 Å². The Kier molecular flexibility index (Phi) is 17.0. The summed E-state index contributed by atoms with van der Waals surface area (Å²) in [6, 6.07) is 1.96. The number of pyridine rings is 1. The first-order valence-electron chi connectivity index (χ1n) is 11.7. The van der Waals surface area contributed by atoms with Gasteiger partial charge < -0.3 is 5.32 Å². The minimum absolute atomic E-state index is 0.103. The average molecular weight is 451 g/mol. The van der Waals surface area contributed by atoms with Gasteiger partial charge in [0.05, 0.1) is 5.69 Å². The molecular weight excluding hydrogens is 408 g/mol. The molecule has 30 heavy (non-hydrogen) atoms. The monoisotopic (exact) mass is 450 g/mol. The summed E-state index contributed by atoms with van der Waals surface area (Å²) >= 11 is 3.21. The van der Waals surface area contributed by atoms with Gasteiger partial charge in [-0.25, -0.2) is 4.98 Å². The SMILES string of the molecule is CCCCCCCC/C=C\CCCCCCCC(=O)Nc1c(SC)ccnc1SC. The van der Waals surface area contributed by atoms with Crippen LogP contribution in [0.25, 0.3) is 0 Å². The Hall–Kier alpha value is -0.940. The summed E-state index contributed by atoms with van der Waals surface area (Å²) in [5, 5.41) is 3.97. The van der Waals surface area contributed by atoms with Gasteiger partial charge in [-0.3, -0.25) is 4.79 Å². The van der Waals surface area contributed by atoms with Crippen molar-refractivity contribution in [1.29, 1.82) is 0 Å². The van der Waals surface area contributed by atoms with Gasteiger partial charge in [-0.1, -0.05) is 70.4 Å². The number of anilines is 1. The molecule has 0 bridgehead atoms. The largest absolute Gasteiger partial charge is 0.323 e. The van der Waals surface area contributed by atoms with E-state index in [9.17, 15) is 4.79 Å². The molecule has 0 aliphatic carbocycles. The van der Waals surface area contributed by atoms with Crippen LogP contribution in [0.3, 0.4) is 0 Å². The number of rotatable bonds is 18. The third-order valence-electron chi connectivity index (χ3n) is 5.22. The molecule has 1 aromatic rings. The minimum Gasteiger partial charge on any atom is -0.323 e. The number of unbranched alkanes of at least 4 members (excludes halogenated alkanes) is 11. The lowest BCUT2D eigenvalue weighted by molar-refractivity contribution is -0.116. The summed E-state index contributed by atoms with van der Waals surface area (Å²) in [5.41, 5.74) is 0.871. The molecule has 1 heterocycles. The molecule has 0 aromatic carbocycles. The lowest BCUT2D eigenvalue weighted by Gasteiger charge is -2.12. The topological polar surface area (TPSA) is 42.0 Å². The number of hydrogen-bond acceptors (Lipinski definition) is 4. The fourth-order valence-corrected chi connectivity index (χ4v) is 4.57. The highest BCUT2D eigenvalue weighted by Crippen LogP contribution is 2.32. The van der Waals surface area contributed by atoms with E-state index < -0.39 is 0 Å². The molecule has 3 nitrogen and oxygen atoms in total. The molecule has 0 saturated heterocycles. The van der Waals surface area contributed by atoms with Crippen LogP contribution in [0, 0.1) is 0 Å². The van der Waals surface area contributed by atoms with Crippen molar-refractivity contribution in [3.8, 4) is 0 Å². The van der Waals surface area contributed by atoms with Crippen LogP contribution in [0.5, 0.6) is 0 Å². The lowest BCUT2D eigenvalue weighted by Crippen LogP contribution is -2.13. The van der Waals surface area contributed by atoms with E-state index >= 15 is 0 Å². The standard InChI is InChI=1S/C25H42N2OS2/c1-4-5-6-7-8-9-10-11-12-13-14-15-16-17-18-19-23(28)27-24-22(29-2)20-21-26-25(24)30-3/h11-12,20-21H,4-10,13-19H2,1-3H3,(H,27,28)/b12-11-. The molecule has 0 aliphatic rings. The van der Waals surface area contributed by atoms with Crippen molar-refractivity contribution >= 4 is 35.1 Å². The van der Waals surface area contributed by atoms with Gasteiger partial charge in [-0.05, 0) is 50.7 Å². The smallest absolute Gasteiger partial charge is 0.224 e. The number of allylic oxidation sites excluding steroid dienone is 2. The van der Waals surface area contributed by atoms with E-state index in [1.807, 2.05) is 18.6 Å². The van der Waals surface area contributed by atoms with E-state index in [4.69, 9.17) is 0 Å². The first kappa shape index (κ1) is 27.1. The Bertz CT molecular complexity index is 583. The maximum absolute atomic E-state index is 12.3. The third-order valence-corrected chi connectivity index (χ3v) is 6.70. The zero-order valence-corrected chi connectivity index (χ0v) is 21.0. The van der Waals surface area contributed by atoms with Gasteiger partial charge in [0.2, 0.25) is 5.91 Å². The molecule has 1 N–H and O–H groups in total. The number of amides is 1. The van der Waals surface area contributed by atoms with Crippen LogP contribution in [-0.4, -0.2) is 23.4 Å². The Balaban J connectivity index is 2.03. The summed E-state index contributed by atoms with van der Waals surface area (Å²) < 4.78 is 0. The van der Waals surface area contributed by atoms with Crippen molar-refractivity contribution in [2.45, 2.75) is 107 Å². The predicted molar refractivity (Wildman–Crippen MR) is 136 cm³/mol. The van der Waals surface area contributed by atoms with Crippen molar-refractivity contribution in [2.75, 3.05) is 17.8 Å². The lowest BCUT2D eigenvalue weighted by atomic mass is 10.1. The van der Waals surface area contributed by atoms with Crippen molar-refractivity contribution < 1.29 is 4.79 Å². The van der Waals surface area contributed by atoms with Crippen LogP contribution < -0.4 is 5.32 Å². The first-order chi connectivity index (χ1) is 14.7. The molecule has 0 unspecified atom stereocenters. The summed E-state index contributed by atoms with van der Waals surface area (Å²) in [5.74, 6) is 0.103. The zero-order chi connectivity index (χ0) is 21.9. The summed E-state index contributed by atoms with van der Waals surface area (Å²) in [6.45, 7) is 2.27. The Morgan fingerprint density at radius 3 is 2.10 bits per heavy atom. The van der Waals surface area contributed by atoms with Crippen LogP contribution >= 0.6 is 23.5 Å². The highest BCUT2D eigenvalue weighted by molar-refractivity contribution is 7.99. The fourth-order valence-electron chi connectivity index (χ4n) is 3.42. The first-order valence-corrected chi connectivity index (χ1v) is 14.2. The number of carbonyl (C=O) groups is 1. The van der Waals surface area contributed by atoms with E-state index in [0.717, 1.165) is 28.5 Å². The van der Waals surface area contributed by atoms with Gasteiger partial charge in [0.1, 0.15) is 5.03 Å². The van der Waals surface area contributed by atoms with Crippen molar-refractivity contribution in [3.05, 3.63) is 24.4 Å². The van der Waals surface area contributed by atoms with Crippen LogP contribution in [0.2, 0.25) is 0 Å². The molecule has 170 valence electrons. The van der Waals surface area contributed by atoms with Crippen LogP contribution in [0.4, 0.5) is 5.69 Å². The Morgan fingerprint density at radius 1 is 0.900 bits per heavy atom. The number of thioether (sulfide) groups is 2. The van der Waals surface area contributed by atoms with Crippen molar-refractivity contribution in [1.82, 2.24) is 4.98 Å². The molecule has 5 heteroatoms. The number of nitrogens with one attached hydrogen (secondary N) is 1. The van der Waals surface area contributed by atoms with Crippen molar-refractivity contribution in [3.63, 3.8) is 0 Å². The number of carbonyl (C=O) groups excluding carboxylic acids is 1. The Labute approximate surface area is 193 Å². The molecule has 1 amide bonds.